The highest BCUT2D eigenvalue weighted by Crippen LogP contribution is 2.43. The van der Waals surface area contributed by atoms with Crippen LogP contribution in [0.25, 0.3) is 11.3 Å². The lowest BCUT2D eigenvalue weighted by molar-refractivity contribution is 0.340. The summed E-state index contributed by atoms with van der Waals surface area (Å²) in [6, 6.07) is 35.0. The molecule has 2 aromatic heterocycles. The van der Waals surface area contributed by atoms with Crippen LogP contribution in [0.1, 0.15) is 30.5 Å². The van der Waals surface area contributed by atoms with E-state index in [1.165, 1.54) is 0 Å². The van der Waals surface area contributed by atoms with Gasteiger partial charge in [-0.3, -0.25) is 4.98 Å². The number of pyridine rings is 1. The highest BCUT2D eigenvalue weighted by atomic mass is 32.1. The van der Waals surface area contributed by atoms with Gasteiger partial charge < -0.3 is 24.1 Å². The third-order valence-corrected chi connectivity index (χ3v) is 6.87. The number of ether oxygens (including phenoxy) is 2. The van der Waals surface area contributed by atoms with E-state index in [1.54, 1.807) is 6.20 Å². The first-order valence-corrected chi connectivity index (χ1v) is 13.3. The van der Waals surface area contributed by atoms with E-state index in [4.69, 9.17) is 26.1 Å². The van der Waals surface area contributed by atoms with E-state index in [9.17, 15) is 0 Å². The average molecular weight is 534 g/mol. The van der Waals surface area contributed by atoms with Gasteiger partial charge in [-0.2, -0.15) is 0 Å². The molecule has 6 rings (SSSR count). The van der Waals surface area contributed by atoms with E-state index in [2.05, 4.69) is 15.2 Å². The summed E-state index contributed by atoms with van der Waals surface area (Å²) in [5, 5.41) is 4.08. The minimum absolute atomic E-state index is 0.196. The Morgan fingerprint density at radius 2 is 1.54 bits per heavy atom. The number of nitrogens with one attached hydrogen (secondary N) is 1. The third kappa shape index (κ3) is 5.22. The van der Waals surface area contributed by atoms with Crippen molar-refractivity contribution >= 4 is 23.0 Å². The molecule has 0 saturated carbocycles. The van der Waals surface area contributed by atoms with Gasteiger partial charge in [0.25, 0.3) is 0 Å². The maximum Gasteiger partial charge on any atom is 0.174 e. The fraction of sp³-hybridized carbons (Fsp3) is 0.125. The Kier molecular flexibility index (Phi) is 6.97. The number of hydrogen-bond acceptors (Lipinski definition) is 5. The smallest absolute Gasteiger partial charge is 0.174 e. The molecule has 3 heterocycles. The van der Waals surface area contributed by atoms with Crippen molar-refractivity contribution in [3.63, 3.8) is 0 Å². The number of furan rings is 1. The van der Waals surface area contributed by atoms with E-state index < -0.39 is 0 Å². The number of thiocarbonyl (C=S) groups is 1. The predicted octanol–water partition coefficient (Wildman–Crippen LogP) is 7.71. The van der Waals surface area contributed by atoms with E-state index in [1.807, 2.05) is 116 Å². The zero-order valence-corrected chi connectivity index (χ0v) is 22.2. The van der Waals surface area contributed by atoms with Gasteiger partial charge in [-0.1, -0.05) is 24.3 Å². The van der Waals surface area contributed by atoms with Crippen LogP contribution in [0.15, 0.2) is 120 Å². The first-order valence-electron chi connectivity index (χ1n) is 12.9. The lowest BCUT2D eigenvalue weighted by Gasteiger charge is -2.26. The van der Waals surface area contributed by atoms with Crippen LogP contribution in [0.3, 0.4) is 0 Å². The maximum absolute atomic E-state index is 6.47. The third-order valence-electron chi connectivity index (χ3n) is 6.56. The minimum Gasteiger partial charge on any atom is -0.494 e. The van der Waals surface area contributed by atoms with Gasteiger partial charge in [-0.05, 0) is 104 Å². The molecule has 1 fully saturated rings. The number of hydrogen-bond donors (Lipinski definition) is 1. The van der Waals surface area contributed by atoms with Gasteiger partial charge in [0.2, 0.25) is 0 Å². The van der Waals surface area contributed by atoms with E-state index in [-0.39, 0.29) is 12.1 Å². The van der Waals surface area contributed by atoms with E-state index in [0.29, 0.717) is 11.7 Å². The summed E-state index contributed by atoms with van der Waals surface area (Å²) in [5.74, 6) is 3.92. The van der Waals surface area contributed by atoms with Gasteiger partial charge in [0.15, 0.2) is 5.11 Å². The normalized spacial score (nSPS) is 16.6. The van der Waals surface area contributed by atoms with Crippen LogP contribution in [0.2, 0.25) is 0 Å². The van der Waals surface area contributed by atoms with Crippen molar-refractivity contribution in [2.45, 2.75) is 19.0 Å². The van der Waals surface area contributed by atoms with Crippen molar-refractivity contribution in [2.24, 2.45) is 0 Å². The number of benzene rings is 3. The molecule has 0 aliphatic carbocycles. The molecule has 0 radical (unpaired) electrons. The Morgan fingerprint density at radius 3 is 2.26 bits per heavy atom. The molecule has 1 saturated heterocycles. The molecular formula is C32H27N3O3S. The number of anilines is 1. The van der Waals surface area contributed by atoms with Crippen molar-refractivity contribution in [2.75, 3.05) is 11.5 Å². The first-order chi connectivity index (χ1) is 19.2. The molecule has 0 spiro atoms. The largest absolute Gasteiger partial charge is 0.494 e. The molecule has 1 N–H and O–H groups in total. The Labute approximate surface area is 232 Å². The number of nitrogens with zero attached hydrogens (tertiary/aromatic N) is 2. The molecule has 3 aromatic carbocycles. The second kappa shape index (κ2) is 11.0. The summed E-state index contributed by atoms with van der Waals surface area (Å²) in [7, 11) is 0. The van der Waals surface area contributed by atoms with Gasteiger partial charge in [0, 0.05) is 17.4 Å². The van der Waals surface area contributed by atoms with Gasteiger partial charge in [-0.15, -0.1) is 0 Å². The lowest BCUT2D eigenvalue weighted by atomic mass is 10.0. The van der Waals surface area contributed by atoms with Crippen LogP contribution in [-0.4, -0.2) is 16.7 Å². The average Bonchev–Trinajstić information content (AvgIpc) is 3.60. The topological polar surface area (TPSA) is 59.8 Å². The molecule has 0 bridgehead atoms. The number of aromatic nitrogens is 1. The Balaban J connectivity index is 1.33. The monoisotopic (exact) mass is 533 g/mol. The highest BCUT2D eigenvalue weighted by Gasteiger charge is 2.42. The molecule has 2 atom stereocenters. The molecule has 0 amide bonds. The SMILES string of the molecule is CCOc1ccc(-c2ccc([C@H]3[C@H](c4ccccn4)NC(=S)N3c3ccc(Oc4ccccc4)cc3)o2)cc1. The first kappa shape index (κ1) is 24.7. The van der Waals surface area contributed by atoms with Crippen LogP contribution in [0, 0.1) is 0 Å². The molecule has 1 aliphatic rings. The molecule has 7 heteroatoms. The fourth-order valence-electron chi connectivity index (χ4n) is 4.77. The number of para-hydroxylation sites is 1. The second-order valence-corrected chi connectivity index (χ2v) is 9.45. The highest BCUT2D eigenvalue weighted by molar-refractivity contribution is 7.80. The second-order valence-electron chi connectivity index (χ2n) is 9.07. The zero-order chi connectivity index (χ0) is 26.6. The van der Waals surface area contributed by atoms with Crippen LogP contribution < -0.4 is 19.7 Å². The van der Waals surface area contributed by atoms with Crippen molar-refractivity contribution < 1.29 is 13.9 Å². The van der Waals surface area contributed by atoms with E-state index in [0.717, 1.165) is 45.7 Å². The molecular weight excluding hydrogens is 506 g/mol. The van der Waals surface area contributed by atoms with Crippen LogP contribution in [0.4, 0.5) is 5.69 Å². The van der Waals surface area contributed by atoms with Crippen molar-refractivity contribution in [3.8, 4) is 28.6 Å². The fourth-order valence-corrected chi connectivity index (χ4v) is 5.12. The molecule has 5 aromatic rings. The lowest BCUT2D eigenvalue weighted by Crippen LogP contribution is -2.29. The molecule has 0 unspecified atom stereocenters. The summed E-state index contributed by atoms with van der Waals surface area (Å²) in [5.41, 5.74) is 2.78. The van der Waals surface area contributed by atoms with Crippen molar-refractivity contribution in [1.82, 2.24) is 10.3 Å². The standard InChI is InChI=1S/C32H27N3O3S/c1-2-36-24-15-11-22(12-16-24)28-19-20-29(38-28)31-30(27-10-6-7-21-33-27)34-32(39)35(31)23-13-17-26(18-14-23)37-25-8-4-3-5-9-25/h3-21,30-31H,2H2,1H3,(H,34,39)/t30-,31-/m0/s1. The predicted molar refractivity (Wildman–Crippen MR) is 156 cm³/mol. The van der Waals surface area contributed by atoms with Crippen LogP contribution >= 0.6 is 12.2 Å². The quantitative estimate of drug-likeness (QED) is 0.205. The summed E-state index contributed by atoms with van der Waals surface area (Å²) >= 11 is 5.85. The summed E-state index contributed by atoms with van der Waals surface area (Å²) in [6.07, 6.45) is 1.79. The molecule has 6 nitrogen and oxygen atoms in total. The van der Waals surface area contributed by atoms with Gasteiger partial charge in [0.1, 0.15) is 34.8 Å². The van der Waals surface area contributed by atoms with Crippen LogP contribution in [0.5, 0.6) is 17.2 Å². The van der Waals surface area contributed by atoms with E-state index >= 15 is 0 Å². The van der Waals surface area contributed by atoms with Gasteiger partial charge in [-0.25, -0.2) is 0 Å². The molecule has 194 valence electrons. The van der Waals surface area contributed by atoms with Crippen molar-refractivity contribution in [1.29, 1.82) is 0 Å². The Bertz CT molecular complexity index is 1540. The maximum atomic E-state index is 6.47. The minimum atomic E-state index is -0.246. The molecule has 39 heavy (non-hydrogen) atoms. The summed E-state index contributed by atoms with van der Waals surface area (Å²) < 4.78 is 18.1. The number of rotatable bonds is 8. The molecule has 1 aliphatic heterocycles. The zero-order valence-electron chi connectivity index (χ0n) is 21.4. The van der Waals surface area contributed by atoms with Crippen molar-refractivity contribution in [3.05, 3.63) is 127 Å². The van der Waals surface area contributed by atoms with Crippen LogP contribution in [-0.2, 0) is 0 Å². The Hall–Kier alpha value is -4.62. The summed E-state index contributed by atoms with van der Waals surface area (Å²) in [6.45, 7) is 2.60. The Morgan fingerprint density at radius 1 is 0.821 bits per heavy atom. The van der Waals surface area contributed by atoms with Gasteiger partial charge in [0.05, 0.1) is 18.3 Å². The summed E-state index contributed by atoms with van der Waals surface area (Å²) in [4.78, 5) is 6.71. The van der Waals surface area contributed by atoms with Gasteiger partial charge >= 0.3 is 0 Å².